The van der Waals surface area contributed by atoms with Crippen molar-refractivity contribution in [3.63, 3.8) is 0 Å². The molecule has 0 saturated carbocycles. The highest BCUT2D eigenvalue weighted by Crippen LogP contribution is 2.24. The standard InChI is InChI=1S/C40H63N3O3/c1-3-5-7-9-11-12-13-14-15-16-17-19-21-23-38(44)43-30-28-36(29-31-43)40(45)46-37-26-24-35(25-27-37)39-41-32-34(33-42-39)22-20-18-10-8-6-4-2/h24-27,32-33,36H,3-23,28-31H2,1-2H3. The third kappa shape index (κ3) is 15.2. The van der Waals surface area contributed by atoms with Gasteiger partial charge in [0.2, 0.25) is 5.91 Å². The zero-order valence-corrected chi connectivity index (χ0v) is 29.3. The summed E-state index contributed by atoms with van der Waals surface area (Å²) in [5.74, 6) is 1.09. The fourth-order valence-corrected chi connectivity index (χ4v) is 6.43. The number of amides is 1. The number of hydrogen-bond acceptors (Lipinski definition) is 5. The van der Waals surface area contributed by atoms with Crippen molar-refractivity contribution in [3.05, 3.63) is 42.2 Å². The van der Waals surface area contributed by atoms with Crippen LogP contribution >= 0.6 is 0 Å². The van der Waals surface area contributed by atoms with Crippen LogP contribution in [-0.4, -0.2) is 39.8 Å². The second-order valence-corrected chi connectivity index (χ2v) is 13.5. The normalized spacial score (nSPS) is 13.7. The molecule has 2 aromatic rings. The molecule has 46 heavy (non-hydrogen) atoms. The minimum absolute atomic E-state index is 0.164. The summed E-state index contributed by atoms with van der Waals surface area (Å²) in [5, 5.41) is 0. The fourth-order valence-electron chi connectivity index (χ4n) is 6.43. The predicted octanol–water partition coefficient (Wildman–Crippen LogP) is 10.7. The first-order chi connectivity index (χ1) is 22.6. The van der Waals surface area contributed by atoms with Crippen molar-refractivity contribution in [1.82, 2.24) is 14.9 Å². The molecule has 1 aromatic heterocycles. The molecule has 1 amide bonds. The second-order valence-electron chi connectivity index (χ2n) is 13.5. The van der Waals surface area contributed by atoms with Crippen LogP contribution in [0.15, 0.2) is 36.7 Å². The van der Waals surface area contributed by atoms with E-state index in [1.165, 1.54) is 115 Å². The molecule has 3 rings (SSSR count). The van der Waals surface area contributed by atoms with Crippen LogP contribution in [0, 0.1) is 5.92 Å². The summed E-state index contributed by atoms with van der Waals surface area (Å²) in [7, 11) is 0. The van der Waals surface area contributed by atoms with Gasteiger partial charge in [-0.2, -0.15) is 0 Å². The van der Waals surface area contributed by atoms with Crippen LogP contribution in [0.5, 0.6) is 5.75 Å². The lowest BCUT2D eigenvalue weighted by molar-refractivity contribution is -0.143. The molecule has 1 aromatic carbocycles. The Morgan fingerprint density at radius 3 is 1.67 bits per heavy atom. The number of ether oxygens (including phenoxy) is 1. The van der Waals surface area contributed by atoms with E-state index in [0.29, 0.717) is 43.9 Å². The molecule has 256 valence electrons. The molecule has 0 N–H and O–H groups in total. The van der Waals surface area contributed by atoms with Crippen LogP contribution < -0.4 is 4.74 Å². The Balaban J connectivity index is 1.24. The number of aryl methyl sites for hydroxylation is 1. The van der Waals surface area contributed by atoms with E-state index in [4.69, 9.17) is 4.74 Å². The van der Waals surface area contributed by atoms with Crippen molar-refractivity contribution in [2.24, 2.45) is 5.92 Å². The van der Waals surface area contributed by atoms with Gasteiger partial charge in [-0.05, 0) is 61.9 Å². The number of esters is 1. The quantitative estimate of drug-likeness (QED) is 0.0653. The highest BCUT2D eigenvalue weighted by molar-refractivity contribution is 5.78. The average molecular weight is 634 g/mol. The van der Waals surface area contributed by atoms with Crippen LogP contribution in [0.4, 0.5) is 0 Å². The molecule has 1 saturated heterocycles. The zero-order valence-electron chi connectivity index (χ0n) is 29.3. The van der Waals surface area contributed by atoms with Crippen LogP contribution in [0.25, 0.3) is 11.4 Å². The molecule has 1 aliphatic rings. The molecule has 0 bridgehead atoms. The number of rotatable bonds is 24. The number of likely N-dealkylation sites (tertiary alicyclic amines) is 1. The topological polar surface area (TPSA) is 72.4 Å². The number of aromatic nitrogens is 2. The molecule has 1 fully saturated rings. The minimum Gasteiger partial charge on any atom is -0.426 e. The molecule has 0 atom stereocenters. The zero-order chi connectivity index (χ0) is 32.7. The predicted molar refractivity (Wildman–Crippen MR) is 190 cm³/mol. The van der Waals surface area contributed by atoms with E-state index in [-0.39, 0.29) is 17.8 Å². The molecule has 0 spiro atoms. The number of carbonyl (C=O) groups excluding carboxylic acids is 2. The number of piperidine rings is 1. The van der Waals surface area contributed by atoms with Gasteiger partial charge in [-0.1, -0.05) is 123 Å². The summed E-state index contributed by atoms with van der Waals surface area (Å²) in [6.07, 6.45) is 31.6. The first kappa shape index (κ1) is 37.7. The van der Waals surface area contributed by atoms with Crippen LogP contribution in [-0.2, 0) is 16.0 Å². The van der Waals surface area contributed by atoms with Gasteiger partial charge in [-0.15, -0.1) is 0 Å². The van der Waals surface area contributed by atoms with Gasteiger partial charge >= 0.3 is 5.97 Å². The van der Waals surface area contributed by atoms with Gasteiger partial charge < -0.3 is 9.64 Å². The Bertz CT molecular complexity index is 1080. The van der Waals surface area contributed by atoms with Crippen molar-refractivity contribution in [1.29, 1.82) is 0 Å². The number of hydrogen-bond donors (Lipinski definition) is 0. The summed E-state index contributed by atoms with van der Waals surface area (Å²) < 4.78 is 5.71. The Labute approximate surface area is 280 Å². The van der Waals surface area contributed by atoms with Gasteiger partial charge in [0.05, 0.1) is 5.92 Å². The first-order valence-electron chi connectivity index (χ1n) is 19.0. The van der Waals surface area contributed by atoms with Crippen LogP contribution in [0.3, 0.4) is 0 Å². The lowest BCUT2D eigenvalue weighted by atomic mass is 9.96. The molecular weight excluding hydrogens is 570 g/mol. The van der Waals surface area contributed by atoms with Crippen molar-refractivity contribution in [2.75, 3.05) is 13.1 Å². The summed E-state index contributed by atoms with van der Waals surface area (Å²) >= 11 is 0. The number of unbranched alkanes of at least 4 members (excludes halogenated alkanes) is 17. The van der Waals surface area contributed by atoms with Gasteiger partial charge in [-0.3, -0.25) is 9.59 Å². The van der Waals surface area contributed by atoms with Gasteiger partial charge in [-0.25, -0.2) is 9.97 Å². The van der Waals surface area contributed by atoms with E-state index >= 15 is 0 Å². The fraction of sp³-hybridized carbons (Fsp3) is 0.700. The third-order valence-corrected chi connectivity index (χ3v) is 9.53. The van der Waals surface area contributed by atoms with Crippen LogP contribution in [0.1, 0.15) is 161 Å². The van der Waals surface area contributed by atoms with Crippen molar-refractivity contribution in [3.8, 4) is 17.1 Å². The smallest absolute Gasteiger partial charge is 0.314 e. The lowest BCUT2D eigenvalue weighted by Gasteiger charge is -2.31. The average Bonchev–Trinajstić information content (AvgIpc) is 3.09. The molecule has 0 radical (unpaired) electrons. The molecular formula is C40H63N3O3. The van der Waals surface area contributed by atoms with E-state index in [9.17, 15) is 9.59 Å². The molecule has 6 nitrogen and oxygen atoms in total. The van der Waals surface area contributed by atoms with E-state index in [0.717, 1.165) is 24.8 Å². The summed E-state index contributed by atoms with van der Waals surface area (Å²) in [6, 6.07) is 7.44. The summed E-state index contributed by atoms with van der Waals surface area (Å²) in [5.41, 5.74) is 2.08. The summed E-state index contributed by atoms with van der Waals surface area (Å²) in [4.78, 5) is 36.7. The highest BCUT2D eigenvalue weighted by atomic mass is 16.5. The number of carbonyl (C=O) groups is 2. The van der Waals surface area contributed by atoms with Crippen molar-refractivity contribution < 1.29 is 14.3 Å². The van der Waals surface area contributed by atoms with Gasteiger partial charge in [0.15, 0.2) is 5.82 Å². The van der Waals surface area contributed by atoms with Gasteiger partial charge in [0.1, 0.15) is 5.75 Å². The SMILES string of the molecule is CCCCCCCCCCCCCCCC(=O)N1CCC(C(=O)Oc2ccc(-c3ncc(CCCCCCCC)cn3)cc2)CC1. The molecule has 0 unspecified atom stereocenters. The molecule has 2 heterocycles. The van der Waals surface area contributed by atoms with E-state index in [2.05, 4.69) is 23.8 Å². The Morgan fingerprint density at radius 2 is 1.15 bits per heavy atom. The second kappa shape index (κ2) is 23.5. The minimum atomic E-state index is -0.202. The molecule has 6 heteroatoms. The maximum atomic E-state index is 12.9. The first-order valence-corrected chi connectivity index (χ1v) is 19.0. The van der Waals surface area contributed by atoms with Crippen molar-refractivity contribution >= 4 is 11.9 Å². The van der Waals surface area contributed by atoms with E-state index in [1.54, 1.807) is 0 Å². The maximum Gasteiger partial charge on any atom is 0.314 e. The third-order valence-electron chi connectivity index (χ3n) is 9.53. The number of nitrogens with zero attached hydrogens (tertiary/aromatic N) is 3. The maximum absolute atomic E-state index is 12.9. The summed E-state index contributed by atoms with van der Waals surface area (Å²) in [6.45, 7) is 5.80. The van der Waals surface area contributed by atoms with Crippen molar-refractivity contribution in [2.45, 2.75) is 162 Å². The molecule has 0 aliphatic carbocycles. The van der Waals surface area contributed by atoms with Gasteiger partial charge in [0, 0.05) is 37.5 Å². The largest absolute Gasteiger partial charge is 0.426 e. The number of benzene rings is 1. The Hall–Kier alpha value is -2.76. The van der Waals surface area contributed by atoms with Crippen LogP contribution in [0.2, 0.25) is 0 Å². The van der Waals surface area contributed by atoms with E-state index < -0.39 is 0 Å². The van der Waals surface area contributed by atoms with E-state index in [1.807, 2.05) is 41.6 Å². The monoisotopic (exact) mass is 633 g/mol. The lowest BCUT2D eigenvalue weighted by Crippen LogP contribution is -2.41. The molecule has 1 aliphatic heterocycles. The van der Waals surface area contributed by atoms with Gasteiger partial charge in [0.25, 0.3) is 0 Å². The Morgan fingerprint density at radius 1 is 0.674 bits per heavy atom. The highest BCUT2D eigenvalue weighted by Gasteiger charge is 2.28. The Kier molecular flexibility index (Phi) is 19.3.